The van der Waals surface area contributed by atoms with E-state index in [9.17, 15) is 14.4 Å². The lowest BCUT2D eigenvalue weighted by Crippen LogP contribution is -2.46. The summed E-state index contributed by atoms with van der Waals surface area (Å²) in [7, 11) is 0. The maximum absolute atomic E-state index is 12.9. The van der Waals surface area contributed by atoms with Crippen molar-refractivity contribution in [2.45, 2.75) is 25.8 Å². The molecule has 3 amide bonds. The standard InChI is InChI=1S/C25H25N3O3/c1-17(29)26-21-9-4-8-19(16-21)25(31)28-14-12-20(13-15-28)27-24(30)23-11-5-7-18-6-2-3-10-22(18)23/h2-11,16,20H,12-15H2,1H3,(H,26,29)(H,27,30). The van der Waals surface area contributed by atoms with E-state index in [1.165, 1.54) is 6.92 Å². The number of anilines is 1. The fourth-order valence-electron chi connectivity index (χ4n) is 4.03. The van der Waals surface area contributed by atoms with Crippen molar-refractivity contribution >= 4 is 34.2 Å². The molecule has 1 heterocycles. The smallest absolute Gasteiger partial charge is 0.253 e. The van der Waals surface area contributed by atoms with Gasteiger partial charge < -0.3 is 15.5 Å². The zero-order valence-electron chi connectivity index (χ0n) is 17.4. The van der Waals surface area contributed by atoms with Crippen LogP contribution in [0, 0.1) is 0 Å². The molecule has 3 aromatic rings. The molecule has 31 heavy (non-hydrogen) atoms. The molecule has 0 saturated carbocycles. The van der Waals surface area contributed by atoms with Crippen molar-refractivity contribution < 1.29 is 14.4 Å². The number of rotatable bonds is 4. The summed E-state index contributed by atoms with van der Waals surface area (Å²) in [5.74, 6) is -0.317. The molecule has 0 aromatic heterocycles. The second-order valence-electron chi connectivity index (χ2n) is 7.83. The maximum atomic E-state index is 12.9. The largest absolute Gasteiger partial charge is 0.349 e. The van der Waals surface area contributed by atoms with Gasteiger partial charge in [-0.3, -0.25) is 14.4 Å². The van der Waals surface area contributed by atoms with E-state index >= 15 is 0 Å². The number of fused-ring (bicyclic) bond motifs is 1. The van der Waals surface area contributed by atoms with Crippen LogP contribution in [0.15, 0.2) is 66.7 Å². The molecular formula is C25H25N3O3. The summed E-state index contributed by atoms with van der Waals surface area (Å²) in [6, 6.07) is 20.6. The molecule has 6 heteroatoms. The SMILES string of the molecule is CC(=O)Nc1cccc(C(=O)N2CCC(NC(=O)c3cccc4ccccc34)CC2)c1. The first-order valence-electron chi connectivity index (χ1n) is 10.5. The molecular weight excluding hydrogens is 390 g/mol. The topological polar surface area (TPSA) is 78.5 Å². The highest BCUT2D eigenvalue weighted by atomic mass is 16.2. The highest BCUT2D eigenvalue weighted by molar-refractivity contribution is 6.07. The fraction of sp³-hybridized carbons (Fsp3) is 0.240. The van der Waals surface area contributed by atoms with Crippen LogP contribution >= 0.6 is 0 Å². The summed E-state index contributed by atoms with van der Waals surface area (Å²) in [6.45, 7) is 2.58. The average molecular weight is 415 g/mol. The number of hydrogen-bond donors (Lipinski definition) is 2. The van der Waals surface area contributed by atoms with Crippen molar-refractivity contribution in [1.82, 2.24) is 10.2 Å². The van der Waals surface area contributed by atoms with E-state index in [1.54, 1.807) is 29.2 Å². The first-order valence-corrected chi connectivity index (χ1v) is 10.5. The van der Waals surface area contributed by atoms with E-state index < -0.39 is 0 Å². The lowest BCUT2D eigenvalue weighted by molar-refractivity contribution is -0.114. The summed E-state index contributed by atoms with van der Waals surface area (Å²) < 4.78 is 0. The first-order chi connectivity index (χ1) is 15.0. The summed E-state index contributed by atoms with van der Waals surface area (Å²) >= 11 is 0. The molecule has 0 unspecified atom stereocenters. The normalized spacial score (nSPS) is 14.3. The van der Waals surface area contributed by atoms with E-state index in [1.807, 2.05) is 42.5 Å². The van der Waals surface area contributed by atoms with E-state index in [2.05, 4.69) is 10.6 Å². The Kier molecular flexibility index (Phi) is 5.98. The van der Waals surface area contributed by atoms with Gasteiger partial charge in [-0.1, -0.05) is 42.5 Å². The third kappa shape index (κ3) is 4.74. The summed E-state index contributed by atoms with van der Waals surface area (Å²) in [5.41, 5.74) is 1.83. The second kappa shape index (κ2) is 9.00. The van der Waals surface area contributed by atoms with Crippen LogP contribution < -0.4 is 10.6 Å². The molecule has 2 N–H and O–H groups in total. The van der Waals surface area contributed by atoms with Crippen molar-refractivity contribution in [3.05, 3.63) is 77.9 Å². The van der Waals surface area contributed by atoms with Gasteiger partial charge in [0.25, 0.3) is 11.8 Å². The van der Waals surface area contributed by atoms with Crippen LogP contribution in [0.5, 0.6) is 0 Å². The van der Waals surface area contributed by atoms with Crippen molar-refractivity contribution in [1.29, 1.82) is 0 Å². The number of likely N-dealkylation sites (tertiary alicyclic amines) is 1. The lowest BCUT2D eigenvalue weighted by Gasteiger charge is -2.32. The number of hydrogen-bond acceptors (Lipinski definition) is 3. The molecule has 158 valence electrons. The van der Waals surface area contributed by atoms with Crippen LogP contribution in [-0.4, -0.2) is 41.8 Å². The molecule has 0 bridgehead atoms. The van der Waals surface area contributed by atoms with Gasteiger partial charge in [-0.15, -0.1) is 0 Å². The molecule has 1 aliphatic rings. The summed E-state index contributed by atoms with van der Waals surface area (Å²) in [5, 5.41) is 7.81. The Labute approximate surface area is 181 Å². The van der Waals surface area contributed by atoms with Gasteiger partial charge in [0.15, 0.2) is 0 Å². The second-order valence-corrected chi connectivity index (χ2v) is 7.83. The van der Waals surface area contributed by atoms with Gasteiger partial charge in [-0.25, -0.2) is 0 Å². The zero-order chi connectivity index (χ0) is 21.8. The summed E-state index contributed by atoms with van der Waals surface area (Å²) in [6.07, 6.45) is 1.40. The zero-order valence-corrected chi connectivity index (χ0v) is 17.4. The monoisotopic (exact) mass is 415 g/mol. The number of nitrogens with one attached hydrogen (secondary N) is 2. The molecule has 0 atom stereocenters. The third-order valence-electron chi connectivity index (χ3n) is 5.58. The molecule has 0 spiro atoms. The number of carbonyl (C=O) groups excluding carboxylic acids is 3. The minimum atomic E-state index is -0.174. The Bertz CT molecular complexity index is 1130. The van der Waals surface area contributed by atoms with Crippen LogP contribution in [0.4, 0.5) is 5.69 Å². The highest BCUT2D eigenvalue weighted by Crippen LogP contribution is 2.20. The van der Waals surface area contributed by atoms with E-state index in [4.69, 9.17) is 0 Å². The average Bonchev–Trinajstić information content (AvgIpc) is 2.78. The van der Waals surface area contributed by atoms with Crippen LogP contribution in [0.1, 0.15) is 40.5 Å². The Balaban J connectivity index is 1.37. The van der Waals surface area contributed by atoms with Gasteiger partial charge in [0, 0.05) is 42.9 Å². The Morgan fingerprint density at radius 1 is 0.903 bits per heavy atom. The molecule has 6 nitrogen and oxygen atoms in total. The van der Waals surface area contributed by atoms with Gasteiger partial charge in [-0.2, -0.15) is 0 Å². The molecule has 1 aliphatic heterocycles. The number of carbonyl (C=O) groups is 3. The van der Waals surface area contributed by atoms with E-state index in [0.717, 1.165) is 10.8 Å². The van der Waals surface area contributed by atoms with Crippen LogP contribution in [-0.2, 0) is 4.79 Å². The number of nitrogens with zero attached hydrogens (tertiary/aromatic N) is 1. The van der Waals surface area contributed by atoms with Crippen LogP contribution in [0.25, 0.3) is 10.8 Å². The minimum absolute atomic E-state index is 0.0289. The number of benzene rings is 3. The maximum Gasteiger partial charge on any atom is 0.253 e. The van der Waals surface area contributed by atoms with Crippen molar-refractivity contribution in [3.63, 3.8) is 0 Å². The molecule has 3 aromatic carbocycles. The number of amides is 3. The van der Waals surface area contributed by atoms with Crippen molar-refractivity contribution in [2.75, 3.05) is 18.4 Å². The number of piperidine rings is 1. The molecule has 4 rings (SSSR count). The van der Waals surface area contributed by atoms with Gasteiger partial charge in [-0.05, 0) is 47.9 Å². The van der Waals surface area contributed by atoms with Gasteiger partial charge in [0.05, 0.1) is 0 Å². The van der Waals surface area contributed by atoms with Crippen LogP contribution in [0.2, 0.25) is 0 Å². The fourth-order valence-corrected chi connectivity index (χ4v) is 4.03. The molecule has 0 radical (unpaired) electrons. The highest BCUT2D eigenvalue weighted by Gasteiger charge is 2.25. The first kappa shape index (κ1) is 20.6. The predicted octanol–water partition coefficient (Wildman–Crippen LogP) is 3.83. The van der Waals surface area contributed by atoms with Crippen molar-refractivity contribution in [2.24, 2.45) is 0 Å². The molecule has 1 fully saturated rings. The van der Waals surface area contributed by atoms with Gasteiger partial charge in [0.2, 0.25) is 5.91 Å². The summed E-state index contributed by atoms with van der Waals surface area (Å²) in [4.78, 5) is 38.8. The van der Waals surface area contributed by atoms with E-state index in [0.29, 0.717) is 42.7 Å². The quantitative estimate of drug-likeness (QED) is 0.680. The predicted molar refractivity (Wildman–Crippen MR) is 121 cm³/mol. The lowest BCUT2D eigenvalue weighted by atomic mass is 10.0. The Morgan fingerprint density at radius 2 is 1.61 bits per heavy atom. The Morgan fingerprint density at radius 3 is 2.39 bits per heavy atom. The molecule has 0 aliphatic carbocycles. The van der Waals surface area contributed by atoms with Gasteiger partial charge in [0.1, 0.15) is 0 Å². The minimum Gasteiger partial charge on any atom is -0.349 e. The third-order valence-corrected chi connectivity index (χ3v) is 5.58. The van der Waals surface area contributed by atoms with Crippen LogP contribution in [0.3, 0.4) is 0 Å². The van der Waals surface area contributed by atoms with Gasteiger partial charge >= 0.3 is 0 Å². The Hall–Kier alpha value is -3.67. The molecule has 1 saturated heterocycles. The van der Waals surface area contributed by atoms with E-state index in [-0.39, 0.29) is 23.8 Å². The van der Waals surface area contributed by atoms with Crippen molar-refractivity contribution in [3.8, 4) is 0 Å².